The Bertz CT molecular complexity index is 941. The second-order valence-electron chi connectivity index (χ2n) is 6.14. The van der Waals surface area contributed by atoms with Crippen molar-refractivity contribution in [3.05, 3.63) is 53.0 Å². The van der Waals surface area contributed by atoms with E-state index in [1.54, 1.807) is 17.2 Å². The Hall–Kier alpha value is -2.74. The number of H-pyrrole nitrogens is 1. The molecule has 26 heavy (non-hydrogen) atoms. The zero-order valence-corrected chi connectivity index (χ0v) is 14.4. The standard InChI is InChI=1S/C17H15ClFN5O2/c18-11-6-14(21-7-11)16-22-15(23-26-16)10-2-1-5-24(9-10)17(25)12-3-4-20-8-13(12)19/h3-4,6-8,10,21H,1-2,5,9H2/t10-/m0/s1. The first-order chi connectivity index (χ1) is 12.6. The summed E-state index contributed by atoms with van der Waals surface area (Å²) in [6, 6.07) is 3.09. The summed E-state index contributed by atoms with van der Waals surface area (Å²) in [6.07, 6.45) is 5.69. The van der Waals surface area contributed by atoms with Gasteiger partial charge >= 0.3 is 0 Å². The molecule has 4 heterocycles. The molecule has 3 aromatic heterocycles. The highest BCUT2D eigenvalue weighted by Crippen LogP contribution is 2.28. The van der Waals surface area contributed by atoms with Crippen molar-refractivity contribution in [1.29, 1.82) is 0 Å². The molecule has 0 aliphatic carbocycles. The Morgan fingerprint density at radius 1 is 1.46 bits per heavy atom. The van der Waals surface area contributed by atoms with Gasteiger partial charge in [-0.3, -0.25) is 9.78 Å². The van der Waals surface area contributed by atoms with Crippen LogP contribution in [0.1, 0.15) is 34.9 Å². The number of hydrogen-bond donors (Lipinski definition) is 1. The lowest BCUT2D eigenvalue weighted by Crippen LogP contribution is -2.39. The molecular weight excluding hydrogens is 361 g/mol. The number of carbonyl (C=O) groups excluding carboxylic acids is 1. The summed E-state index contributed by atoms with van der Waals surface area (Å²) in [6.45, 7) is 0.971. The van der Waals surface area contributed by atoms with Crippen molar-refractivity contribution in [2.24, 2.45) is 0 Å². The largest absolute Gasteiger partial charge is 0.356 e. The minimum atomic E-state index is -0.620. The molecule has 0 saturated carbocycles. The van der Waals surface area contributed by atoms with E-state index in [0.717, 1.165) is 19.0 Å². The first-order valence-electron chi connectivity index (χ1n) is 8.18. The molecule has 0 radical (unpaired) electrons. The Morgan fingerprint density at radius 3 is 3.12 bits per heavy atom. The van der Waals surface area contributed by atoms with Crippen LogP contribution >= 0.6 is 11.6 Å². The van der Waals surface area contributed by atoms with E-state index in [9.17, 15) is 9.18 Å². The SMILES string of the molecule is O=C(c1ccncc1F)N1CCC[C@H](c2noc(-c3cc(Cl)c[nH]3)n2)C1. The summed E-state index contributed by atoms with van der Waals surface area (Å²) in [4.78, 5) is 25.3. The molecule has 7 nitrogen and oxygen atoms in total. The Labute approximate surface area is 153 Å². The maximum absolute atomic E-state index is 13.8. The highest BCUT2D eigenvalue weighted by Gasteiger charge is 2.29. The van der Waals surface area contributed by atoms with Gasteiger partial charge in [-0.25, -0.2) is 4.39 Å². The number of amides is 1. The van der Waals surface area contributed by atoms with Crippen LogP contribution in [0.5, 0.6) is 0 Å². The number of pyridine rings is 1. The maximum atomic E-state index is 13.8. The van der Waals surface area contributed by atoms with Crippen molar-refractivity contribution >= 4 is 17.5 Å². The summed E-state index contributed by atoms with van der Waals surface area (Å²) in [7, 11) is 0. The molecule has 1 aliphatic rings. The maximum Gasteiger partial charge on any atom is 0.274 e. The number of likely N-dealkylation sites (tertiary alicyclic amines) is 1. The molecule has 9 heteroatoms. The molecule has 1 atom stereocenters. The summed E-state index contributed by atoms with van der Waals surface area (Å²) >= 11 is 5.89. The molecule has 1 fully saturated rings. The van der Waals surface area contributed by atoms with Gasteiger partial charge in [0.2, 0.25) is 0 Å². The number of carbonyl (C=O) groups is 1. The smallest absolute Gasteiger partial charge is 0.274 e. The van der Waals surface area contributed by atoms with Crippen LogP contribution in [0.25, 0.3) is 11.6 Å². The van der Waals surface area contributed by atoms with E-state index in [2.05, 4.69) is 20.1 Å². The van der Waals surface area contributed by atoms with E-state index < -0.39 is 5.82 Å². The number of aromatic amines is 1. The molecule has 1 saturated heterocycles. The van der Waals surface area contributed by atoms with Gasteiger partial charge in [0.15, 0.2) is 11.6 Å². The summed E-state index contributed by atoms with van der Waals surface area (Å²) in [5, 5.41) is 4.59. The third kappa shape index (κ3) is 3.20. The molecule has 1 amide bonds. The van der Waals surface area contributed by atoms with Crippen LogP contribution in [0.4, 0.5) is 4.39 Å². The van der Waals surface area contributed by atoms with Gasteiger partial charge < -0.3 is 14.4 Å². The van der Waals surface area contributed by atoms with E-state index in [0.29, 0.717) is 35.5 Å². The lowest BCUT2D eigenvalue weighted by Gasteiger charge is -2.31. The number of nitrogens with one attached hydrogen (secondary N) is 1. The Morgan fingerprint density at radius 2 is 2.35 bits per heavy atom. The van der Waals surface area contributed by atoms with Crippen molar-refractivity contribution in [1.82, 2.24) is 25.0 Å². The first-order valence-corrected chi connectivity index (χ1v) is 8.56. The van der Waals surface area contributed by atoms with Crippen LogP contribution in [-0.2, 0) is 0 Å². The predicted molar refractivity (Wildman–Crippen MR) is 91.2 cm³/mol. The predicted octanol–water partition coefficient (Wildman–Crippen LogP) is 3.27. The van der Waals surface area contributed by atoms with Crippen LogP contribution in [0, 0.1) is 5.82 Å². The lowest BCUT2D eigenvalue weighted by atomic mass is 9.97. The van der Waals surface area contributed by atoms with E-state index in [1.165, 1.54) is 12.3 Å². The number of piperidine rings is 1. The van der Waals surface area contributed by atoms with E-state index >= 15 is 0 Å². The average molecular weight is 376 g/mol. The quantitative estimate of drug-likeness (QED) is 0.759. The van der Waals surface area contributed by atoms with E-state index in [4.69, 9.17) is 16.1 Å². The molecule has 0 spiro atoms. The fourth-order valence-electron chi connectivity index (χ4n) is 3.09. The molecule has 134 valence electrons. The van der Waals surface area contributed by atoms with Gasteiger partial charge in [-0.1, -0.05) is 16.8 Å². The summed E-state index contributed by atoms with van der Waals surface area (Å²) in [5.41, 5.74) is 0.659. The van der Waals surface area contributed by atoms with Crippen molar-refractivity contribution in [2.75, 3.05) is 13.1 Å². The molecule has 1 N–H and O–H groups in total. The Balaban J connectivity index is 1.51. The molecule has 0 unspecified atom stereocenters. The van der Waals surface area contributed by atoms with Crippen LogP contribution in [0.3, 0.4) is 0 Å². The monoisotopic (exact) mass is 375 g/mol. The van der Waals surface area contributed by atoms with Gasteiger partial charge in [0.25, 0.3) is 11.8 Å². The zero-order valence-electron chi connectivity index (χ0n) is 13.7. The van der Waals surface area contributed by atoms with Gasteiger partial charge in [-0.2, -0.15) is 4.98 Å². The summed E-state index contributed by atoms with van der Waals surface area (Å²) in [5.74, 6) is -0.172. The Kier molecular flexibility index (Phi) is 4.42. The number of nitrogens with zero attached hydrogens (tertiary/aromatic N) is 4. The fraction of sp³-hybridized carbons (Fsp3) is 0.294. The van der Waals surface area contributed by atoms with Crippen molar-refractivity contribution in [2.45, 2.75) is 18.8 Å². The van der Waals surface area contributed by atoms with E-state index in [-0.39, 0.29) is 17.4 Å². The highest BCUT2D eigenvalue weighted by atomic mass is 35.5. The minimum absolute atomic E-state index is 0.0236. The number of halogens is 2. The van der Waals surface area contributed by atoms with Gasteiger partial charge in [0.05, 0.1) is 16.8 Å². The second kappa shape index (κ2) is 6.87. The first kappa shape index (κ1) is 16.7. The lowest BCUT2D eigenvalue weighted by molar-refractivity contribution is 0.0698. The normalized spacial score (nSPS) is 17.5. The van der Waals surface area contributed by atoms with Crippen molar-refractivity contribution in [3.8, 4) is 11.6 Å². The van der Waals surface area contributed by atoms with Crippen LogP contribution in [0.2, 0.25) is 5.02 Å². The van der Waals surface area contributed by atoms with Gasteiger partial charge in [0, 0.05) is 31.4 Å². The summed E-state index contributed by atoms with van der Waals surface area (Å²) < 4.78 is 19.1. The fourth-order valence-corrected chi connectivity index (χ4v) is 3.26. The highest BCUT2D eigenvalue weighted by molar-refractivity contribution is 6.30. The van der Waals surface area contributed by atoms with Crippen LogP contribution < -0.4 is 0 Å². The third-order valence-corrected chi connectivity index (χ3v) is 4.61. The molecule has 1 aliphatic heterocycles. The molecular formula is C17H15ClFN5O2. The second-order valence-corrected chi connectivity index (χ2v) is 6.57. The van der Waals surface area contributed by atoms with Gasteiger partial charge in [-0.15, -0.1) is 0 Å². The zero-order chi connectivity index (χ0) is 18.1. The molecule has 3 aromatic rings. The molecule has 0 bridgehead atoms. The number of hydrogen-bond acceptors (Lipinski definition) is 5. The van der Waals surface area contributed by atoms with Crippen LogP contribution in [-0.4, -0.2) is 44.0 Å². The van der Waals surface area contributed by atoms with Crippen molar-refractivity contribution in [3.63, 3.8) is 0 Å². The van der Waals surface area contributed by atoms with Gasteiger partial charge in [-0.05, 0) is 25.0 Å². The van der Waals surface area contributed by atoms with Crippen LogP contribution in [0.15, 0.2) is 35.2 Å². The molecule has 4 rings (SSSR count). The molecule has 0 aromatic carbocycles. The third-order valence-electron chi connectivity index (χ3n) is 4.40. The van der Waals surface area contributed by atoms with E-state index in [1.807, 2.05) is 0 Å². The minimum Gasteiger partial charge on any atom is -0.356 e. The topological polar surface area (TPSA) is 87.9 Å². The van der Waals surface area contributed by atoms with Crippen molar-refractivity contribution < 1.29 is 13.7 Å². The number of rotatable bonds is 3. The van der Waals surface area contributed by atoms with Gasteiger partial charge in [0.1, 0.15) is 5.69 Å². The number of aromatic nitrogens is 4. The average Bonchev–Trinajstić information content (AvgIpc) is 3.31.